The van der Waals surface area contributed by atoms with Crippen LogP contribution in [0.25, 0.3) is 0 Å². The number of carboxylic acid groups (broad SMARTS) is 1. The molecule has 1 aliphatic heterocycles. The smallest absolute Gasteiger partial charge is 0.310 e. The average molecular weight is 309 g/mol. The van der Waals surface area contributed by atoms with E-state index < -0.39 is 5.97 Å². The van der Waals surface area contributed by atoms with Crippen molar-refractivity contribution in [2.24, 2.45) is 5.92 Å². The molecule has 1 aromatic heterocycles. The van der Waals surface area contributed by atoms with Crippen LogP contribution in [0.15, 0.2) is 11.4 Å². The van der Waals surface area contributed by atoms with Crippen molar-refractivity contribution in [3.8, 4) is 0 Å². The molecule has 0 aromatic carbocycles. The zero-order valence-electron chi connectivity index (χ0n) is 12.5. The highest BCUT2D eigenvalue weighted by molar-refractivity contribution is 7.10. The molecule has 1 aromatic rings. The van der Waals surface area contributed by atoms with Gasteiger partial charge in [0.1, 0.15) is 0 Å². The molecule has 2 aliphatic rings. The van der Waals surface area contributed by atoms with Crippen molar-refractivity contribution in [3.05, 3.63) is 21.9 Å². The van der Waals surface area contributed by atoms with Crippen molar-refractivity contribution < 1.29 is 14.6 Å². The minimum Gasteiger partial charge on any atom is -0.481 e. The molecule has 0 saturated carbocycles. The first kappa shape index (κ1) is 15.0. The molecule has 5 heteroatoms. The van der Waals surface area contributed by atoms with Gasteiger partial charge in [-0.1, -0.05) is 6.92 Å². The van der Waals surface area contributed by atoms with Crippen molar-refractivity contribution in [3.63, 3.8) is 0 Å². The lowest BCUT2D eigenvalue weighted by atomic mass is 9.89. The topological polar surface area (TPSA) is 49.8 Å². The largest absolute Gasteiger partial charge is 0.481 e. The van der Waals surface area contributed by atoms with Crippen molar-refractivity contribution >= 4 is 17.3 Å². The Morgan fingerprint density at radius 3 is 3.14 bits per heavy atom. The van der Waals surface area contributed by atoms with Gasteiger partial charge >= 0.3 is 5.97 Å². The highest BCUT2D eigenvalue weighted by atomic mass is 32.1. The van der Waals surface area contributed by atoms with Gasteiger partial charge in [-0.3, -0.25) is 9.69 Å². The molecule has 3 unspecified atom stereocenters. The second-order valence-electron chi connectivity index (χ2n) is 5.99. The Labute approximate surface area is 129 Å². The van der Waals surface area contributed by atoms with Crippen molar-refractivity contribution in [2.45, 2.75) is 44.7 Å². The van der Waals surface area contributed by atoms with Gasteiger partial charge in [-0.15, -0.1) is 11.3 Å². The number of ether oxygens (including phenoxy) is 1. The second-order valence-corrected chi connectivity index (χ2v) is 7.00. The van der Waals surface area contributed by atoms with Crippen molar-refractivity contribution in [1.82, 2.24) is 4.90 Å². The Bertz CT molecular complexity index is 501. The normalized spacial score (nSPS) is 28.8. The summed E-state index contributed by atoms with van der Waals surface area (Å²) in [6.07, 6.45) is 4.54. The zero-order chi connectivity index (χ0) is 14.8. The molecule has 1 fully saturated rings. The predicted molar refractivity (Wildman–Crippen MR) is 82.7 cm³/mol. The molecule has 21 heavy (non-hydrogen) atoms. The monoisotopic (exact) mass is 309 g/mol. The van der Waals surface area contributed by atoms with Crippen molar-refractivity contribution in [1.29, 1.82) is 0 Å². The third-order valence-electron chi connectivity index (χ3n) is 4.70. The van der Waals surface area contributed by atoms with Crippen LogP contribution in [0.1, 0.15) is 42.7 Å². The summed E-state index contributed by atoms with van der Waals surface area (Å²) in [6.45, 7) is 4.00. The number of carbonyl (C=O) groups is 1. The number of nitrogens with zero attached hydrogens (tertiary/aromatic N) is 1. The van der Waals surface area contributed by atoms with E-state index in [1.807, 2.05) is 11.3 Å². The van der Waals surface area contributed by atoms with E-state index in [0.29, 0.717) is 19.3 Å². The van der Waals surface area contributed by atoms with Crippen LogP contribution in [0.2, 0.25) is 0 Å². The maximum atomic E-state index is 11.5. The number of carboxylic acids is 1. The van der Waals surface area contributed by atoms with Crippen LogP contribution < -0.4 is 0 Å². The highest BCUT2D eigenvalue weighted by Gasteiger charge is 2.41. The zero-order valence-corrected chi connectivity index (χ0v) is 13.3. The molecule has 1 saturated heterocycles. The fraction of sp³-hybridized carbons (Fsp3) is 0.688. The van der Waals surface area contributed by atoms with E-state index in [1.54, 1.807) is 0 Å². The van der Waals surface area contributed by atoms with Gasteiger partial charge in [0.2, 0.25) is 0 Å². The minimum absolute atomic E-state index is 0.0123. The van der Waals surface area contributed by atoms with Gasteiger partial charge in [-0.05, 0) is 49.2 Å². The van der Waals surface area contributed by atoms with Crippen molar-refractivity contribution in [2.75, 3.05) is 19.8 Å². The Hall–Kier alpha value is -0.910. The minimum atomic E-state index is -0.722. The molecule has 1 N–H and O–H groups in total. The SMILES string of the molecule is CCCN(C1CCCc2sccc21)C1COCC1C(=O)O. The third kappa shape index (κ3) is 2.87. The number of aliphatic carboxylic acids is 1. The third-order valence-corrected chi connectivity index (χ3v) is 5.69. The number of aryl methyl sites for hydroxylation is 1. The second kappa shape index (κ2) is 6.46. The highest BCUT2D eigenvalue weighted by Crippen LogP contribution is 2.40. The van der Waals surface area contributed by atoms with Gasteiger partial charge in [-0.25, -0.2) is 0 Å². The molecule has 0 bridgehead atoms. The van der Waals surface area contributed by atoms with E-state index in [0.717, 1.165) is 19.4 Å². The number of hydrogen-bond donors (Lipinski definition) is 1. The number of thiophene rings is 1. The molecule has 1 aliphatic carbocycles. The van der Waals surface area contributed by atoms with Crippen LogP contribution >= 0.6 is 11.3 Å². The Balaban J connectivity index is 1.87. The van der Waals surface area contributed by atoms with Gasteiger partial charge in [0.05, 0.1) is 19.1 Å². The summed E-state index contributed by atoms with van der Waals surface area (Å²) in [5.41, 5.74) is 1.43. The number of rotatable bonds is 5. The van der Waals surface area contributed by atoms with Gasteiger partial charge in [0.15, 0.2) is 0 Å². The molecule has 2 heterocycles. The Morgan fingerprint density at radius 2 is 2.38 bits per heavy atom. The maximum Gasteiger partial charge on any atom is 0.310 e. The quantitative estimate of drug-likeness (QED) is 0.908. The fourth-order valence-corrected chi connectivity index (χ4v) is 4.70. The van der Waals surface area contributed by atoms with E-state index in [4.69, 9.17) is 4.74 Å². The summed E-state index contributed by atoms with van der Waals surface area (Å²) in [4.78, 5) is 15.4. The van der Waals surface area contributed by atoms with Gasteiger partial charge in [0.25, 0.3) is 0 Å². The van der Waals surface area contributed by atoms with Crippen LogP contribution in [0.3, 0.4) is 0 Å². The number of fused-ring (bicyclic) bond motifs is 1. The Morgan fingerprint density at radius 1 is 1.52 bits per heavy atom. The molecule has 4 nitrogen and oxygen atoms in total. The Kier molecular flexibility index (Phi) is 4.62. The standard InChI is InChI=1S/C16H23NO3S/c1-2-7-17(14-10-20-9-12(14)16(18)19)13-4-3-5-15-11(13)6-8-21-15/h6,8,12-14H,2-5,7,9-10H2,1H3,(H,18,19). The summed E-state index contributed by atoms with van der Waals surface area (Å²) in [5, 5.41) is 11.6. The first-order valence-electron chi connectivity index (χ1n) is 7.85. The van der Waals surface area contributed by atoms with E-state index in [9.17, 15) is 9.90 Å². The van der Waals surface area contributed by atoms with Crippen LogP contribution in [0, 0.1) is 5.92 Å². The first-order chi connectivity index (χ1) is 10.2. The predicted octanol–water partition coefficient (Wildman–Crippen LogP) is 2.94. The lowest BCUT2D eigenvalue weighted by Crippen LogP contribution is -2.46. The average Bonchev–Trinajstić information content (AvgIpc) is 3.12. The van der Waals surface area contributed by atoms with Crippen LogP contribution in [-0.2, 0) is 16.0 Å². The molecular weight excluding hydrogens is 286 g/mol. The molecule has 116 valence electrons. The summed E-state index contributed by atoms with van der Waals surface area (Å²) >= 11 is 1.84. The fourth-order valence-electron chi connectivity index (χ4n) is 3.72. The molecule has 0 radical (unpaired) electrons. The summed E-state index contributed by atoms with van der Waals surface area (Å²) in [7, 11) is 0. The van der Waals surface area contributed by atoms with Crippen LogP contribution in [0.5, 0.6) is 0 Å². The molecule has 0 spiro atoms. The number of hydrogen-bond acceptors (Lipinski definition) is 4. The first-order valence-corrected chi connectivity index (χ1v) is 8.73. The molecular formula is C16H23NO3S. The van der Waals surface area contributed by atoms with E-state index in [-0.39, 0.29) is 12.0 Å². The van der Waals surface area contributed by atoms with E-state index >= 15 is 0 Å². The van der Waals surface area contributed by atoms with Crippen LogP contribution in [0.4, 0.5) is 0 Å². The van der Waals surface area contributed by atoms with Crippen LogP contribution in [-0.4, -0.2) is 41.8 Å². The summed E-state index contributed by atoms with van der Waals surface area (Å²) in [5.74, 6) is -1.11. The van der Waals surface area contributed by atoms with Gasteiger partial charge in [0, 0.05) is 17.0 Å². The lowest BCUT2D eigenvalue weighted by Gasteiger charge is -2.39. The molecule has 0 amide bonds. The molecule has 3 rings (SSSR count). The van der Waals surface area contributed by atoms with Gasteiger partial charge < -0.3 is 9.84 Å². The summed E-state index contributed by atoms with van der Waals surface area (Å²) < 4.78 is 5.50. The van der Waals surface area contributed by atoms with E-state index in [1.165, 1.54) is 23.3 Å². The van der Waals surface area contributed by atoms with E-state index in [2.05, 4.69) is 23.3 Å². The van der Waals surface area contributed by atoms with Gasteiger partial charge in [-0.2, -0.15) is 0 Å². The summed E-state index contributed by atoms with van der Waals surface area (Å²) in [6, 6.07) is 2.62. The lowest BCUT2D eigenvalue weighted by molar-refractivity contribution is -0.143. The maximum absolute atomic E-state index is 11.5. The molecule has 3 atom stereocenters.